The Balaban J connectivity index is 2.09. The van der Waals surface area contributed by atoms with Crippen molar-refractivity contribution in [1.29, 1.82) is 0 Å². The predicted octanol–water partition coefficient (Wildman–Crippen LogP) is 3.82. The highest BCUT2D eigenvalue weighted by Gasteiger charge is 2.25. The van der Waals surface area contributed by atoms with E-state index in [0.29, 0.717) is 10.6 Å². The molecule has 0 bridgehead atoms. The molecule has 1 amide bonds. The van der Waals surface area contributed by atoms with E-state index >= 15 is 0 Å². The number of hydrogen-bond acceptors (Lipinski definition) is 3. The van der Waals surface area contributed by atoms with Crippen LogP contribution in [0.5, 0.6) is 0 Å². The highest BCUT2D eigenvalue weighted by Crippen LogP contribution is 2.39. The minimum Gasteiger partial charge on any atom is -0.363 e. The second-order valence-corrected chi connectivity index (χ2v) is 5.74. The number of rotatable bonds is 2. The van der Waals surface area contributed by atoms with E-state index in [1.807, 2.05) is 50.2 Å². The number of carbonyl (C=O) groups excluding carboxylic acids is 1. The average molecular weight is 314 g/mol. The van der Waals surface area contributed by atoms with Crippen LogP contribution in [0.25, 0.3) is 16.7 Å². The molecule has 0 saturated carbocycles. The summed E-state index contributed by atoms with van der Waals surface area (Å²) >= 11 is 6.37. The maximum Gasteiger partial charge on any atom is 0.256 e. The van der Waals surface area contributed by atoms with E-state index < -0.39 is 0 Å². The number of halogens is 1. The first-order valence-corrected chi connectivity index (χ1v) is 7.34. The highest BCUT2D eigenvalue weighted by molar-refractivity contribution is 6.36. The van der Waals surface area contributed by atoms with Crippen LogP contribution in [0.1, 0.15) is 12.5 Å². The van der Waals surface area contributed by atoms with E-state index in [-0.39, 0.29) is 5.91 Å². The normalized spacial score (nSPS) is 14.9. The van der Waals surface area contributed by atoms with Gasteiger partial charge in [-0.3, -0.25) is 4.79 Å². The molecule has 112 valence electrons. The highest BCUT2D eigenvalue weighted by atomic mass is 35.5. The van der Waals surface area contributed by atoms with Crippen LogP contribution in [0.15, 0.2) is 36.5 Å². The van der Waals surface area contributed by atoms with Crippen molar-refractivity contribution >= 4 is 34.6 Å². The topological polar surface area (TPSA) is 45.2 Å². The Labute approximate surface area is 134 Å². The first-order valence-electron chi connectivity index (χ1n) is 6.96. The van der Waals surface area contributed by atoms with Gasteiger partial charge >= 0.3 is 0 Å². The van der Waals surface area contributed by atoms with E-state index in [4.69, 9.17) is 11.6 Å². The number of aromatic nitrogens is 1. The molecule has 2 aromatic rings. The molecule has 0 fully saturated rings. The molecule has 0 aliphatic carbocycles. The van der Waals surface area contributed by atoms with Gasteiger partial charge in [0.15, 0.2) is 0 Å². The van der Waals surface area contributed by atoms with E-state index in [1.54, 1.807) is 12.3 Å². The summed E-state index contributed by atoms with van der Waals surface area (Å²) in [5.41, 5.74) is 4.10. The van der Waals surface area contributed by atoms with Crippen LogP contribution in [0.2, 0.25) is 5.02 Å². The number of hydrogen-bond donors (Lipinski definition) is 1. The van der Waals surface area contributed by atoms with Gasteiger partial charge in [-0.25, -0.2) is 4.98 Å². The van der Waals surface area contributed by atoms with Crippen molar-refractivity contribution in [3.8, 4) is 11.1 Å². The monoisotopic (exact) mass is 313 g/mol. The fraction of sp³-hybridized carbons (Fsp3) is 0.176. The van der Waals surface area contributed by atoms with Gasteiger partial charge < -0.3 is 10.2 Å². The molecule has 4 nitrogen and oxygen atoms in total. The van der Waals surface area contributed by atoms with Crippen molar-refractivity contribution in [2.24, 2.45) is 0 Å². The minimum absolute atomic E-state index is 0.0909. The minimum atomic E-state index is -0.0909. The lowest BCUT2D eigenvalue weighted by Gasteiger charge is -2.12. The number of amides is 1. The summed E-state index contributed by atoms with van der Waals surface area (Å²) in [6.07, 6.45) is 3.61. The van der Waals surface area contributed by atoms with Gasteiger partial charge in [0.1, 0.15) is 5.82 Å². The van der Waals surface area contributed by atoms with Crippen LogP contribution in [0.4, 0.5) is 11.5 Å². The van der Waals surface area contributed by atoms with Crippen LogP contribution in [-0.4, -0.2) is 25.0 Å². The largest absolute Gasteiger partial charge is 0.363 e. The Kier molecular flexibility index (Phi) is 3.62. The van der Waals surface area contributed by atoms with Crippen molar-refractivity contribution in [2.45, 2.75) is 6.92 Å². The van der Waals surface area contributed by atoms with Gasteiger partial charge in [-0.2, -0.15) is 0 Å². The summed E-state index contributed by atoms with van der Waals surface area (Å²) < 4.78 is 0. The third-order valence-corrected chi connectivity index (χ3v) is 4.01. The molecular formula is C17H16ClN3O. The lowest BCUT2D eigenvalue weighted by atomic mass is 10.00. The second-order valence-electron chi connectivity index (χ2n) is 5.33. The summed E-state index contributed by atoms with van der Waals surface area (Å²) in [5, 5.41) is 3.42. The van der Waals surface area contributed by atoms with Gasteiger partial charge in [-0.1, -0.05) is 17.7 Å². The SMILES string of the molecule is C/C=C1\C(=O)Nc2cc(Cl)c(-c3ccc(N(C)C)nc3)cc21. The Hall–Kier alpha value is -2.33. The van der Waals surface area contributed by atoms with Crippen molar-refractivity contribution in [3.63, 3.8) is 0 Å². The zero-order chi connectivity index (χ0) is 15.9. The van der Waals surface area contributed by atoms with Crippen molar-refractivity contribution in [3.05, 3.63) is 47.1 Å². The second kappa shape index (κ2) is 5.46. The Bertz CT molecular complexity index is 779. The van der Waals surface area contributed by atoms with E-state index in [9.17, 15) is 4.79 Å². The molecule has 0 unspecified atom stereocenters. The number of anilines is 2. The lowest BCUT2D eigenvalue weighted by Crippen LogP contribution is -2.09. The first kappa shape index (κ1) is 14.6. The van der Waals surface area contributed by atoms with Gasteiger partial charge in [-0.15, -0.1) is 0 Å². The molecule has 0 radical (unpaired) electrons. The van der Waals surface area contributed by atoms with E-state index in [0.717, 1.165) is 28.2 Å². The molecule has 22 heavy (non-hydrogen) atoms. The number of nitrogens with zero attached hydrogens (tertiary/aromatic N) is 2. The van der Waals surface area contributed by atoms with Gasteiger partial charge in [0, 0.05) is 42.6 Å². The summed E-state index contributed by atoms with van der Waals surface area (Å²) in [6.45, 7) is 1.85. The number of carbonyl (C=O) groups is 1. The Morgan fingerprint density at radius 2 is 2.00 bits per heavy atom. The van der Waals surface area contributed by atoms with Gasteiger partial charge in [0.25, 0.3) is 5.91 Å². The first-order chi connectivity index (χ1) is 10.5. The molecule has 1 N–H and O–H groups in total. The number of pyridine rings is 1. The standard InChI is InChI=1S/C17H16ClN3O/c1-4-11-13-7-12(14(18)8-15(13)20-17(11)22)10-5-6-16(19-9-10)21(2)3/h4-9H,1-3H3,(H,20,22)/b11-4-. The molecule has 5 heteroatoms. The number of benzene rings is 1. The molecular weight excluding hydrogens is 298 g/mol. The molecule has 1 aliphatic heterocycles. The fourth-order valence-electron chi connectivity index (χ4n) is 2.53. The quantitative estimate of drug-likeness (QED) is 0.857. The van der Waals surface area contributed by atoms with E-state index in [2.05, 4.69) is 10.3 Å². The zero-order valence-electron chi connectivity index (χ0n) is 12.6. The van der Waals surface area contributed by atoms with Crippen molar-refractivity contribution in [1.82, 2.24) is 4.98 Å². The average Bonchev–Trinajstić information content (AvgIpc) is 2.80. The van der Waals surface area contributed by atoms with Gasteiger partial charge in [0.2, 0.25) is 0 Å². The van der Waals surface area contributed by atoms with Gasteiger partial charge in [-0.05, 0) is 31.2 Å². The molecule has 0 saturated heterocycles. The zero-order valence-corrected chi connectivity index (χ0v) is 13.4. The summed E-state index contributed by atoms with van der Waals surface area (Å²) in [4.78, 5) is 18.3. The molecule has 2 heterocycles. The fourth-order valence-corrected chi connectivity index (χ4v) is 2.80. The molecule has 0 atom stereocenters. The van der Waals surface area contributed by atoms with Crippen LogP contribution in [0, 0.1) is 0 Å². The van der Waals surface area contributed by atoms with Crippen LogP contribution in [-0.2, 0) is 4.79 Å². The predicted molar refractivity (Wildman–Crippen MR) is 91.3 cm³/mol. The molecule has 0 spiro atoms. The van der Waals surface area contributed by atoms with Gasteiger partial charge in [0.05, 0.1) is 10.7 Å². The smallest absolute Gasteiger partial charge is 0.256 e. The number of allylic oxidation sites excluding steroid dienone is 1. The summed E-state index contributed by atoms with van der Waals surface area (Å²) in [6, 6.07) is 7.66. The third kappa shape index (κ3) is 2.35. The van der Waals surface area contributed by atoms with Crippen molar-refractivity contribution in [2.75, 3.05) is 24.3 Å². The molecule has 1 aromatic carbocycles. The Morgan fingerprint density at radius 3 is 2.59 bits per heavy atom. The van der Waals surface area contributed by atoms with Crippen LogP contribution < -0.4 is 10.2 Å². The molecule has 3 rings (SSSR count). The number of fused-ring (bicyclic) bond motifs is 1. The summed E-state index contributed by atoms with van der Waals surface area (Å²) in [5.74, 6) is 0.791. The van der Waals surface area contributed by atoms with E-state index in [1.165, 1.54) is 0 Å². The maximum absolute atomic E-state index is 11.9. The third-order valence-electron chi connectivity index (χ3n) is 3.70. The Morgan fingerprint density at radius 1 is 1.23 bits per heavy atom. The maximum atomic E-state index is 11.9. The summed E-state index contributed by atoms with van der Waals surface area (Å²) in [7, 11) is 3.89. The van der Waals surface area contributed by atoms with Crippen molar-refractivity contribution < 1.29 is 4.79 Å². The lowest BCUT2D eigenvalue weighted by molar-refractivity contribution is -0.110. The van der Waals surface area contributed by atoms with Crippen LogP contribution >= 0.6 is 11.6 Å². The van der Waals surface area contributed by atoms with Crippen LogP contribution in [0.3, 0.4) is 0 Å². The number of nitrogens with one attached hydrogen (secondary N) is 1. The molecule has 1 aromatic heterocycles. The molecule has 1 aliphatic rings.